The van der Waals surface area contributed by atoms with Crippen LogP contribution in [0.15, 0.2) is 12.3 Å². The quantitative estimate of drug-likeness (QED) is 0.848. The molecule has 1 heterocycles. The van der Waals surface area contributed by atoms with E-state index in [2.05, 4.69) is 22.2 Å². The Balaban J connectivity index is 1.96. The number of nitriles is 1. The van der Waals surface area contributed by atoms with Crippen LogP contribution < -0.4 is 5.32 Å². The molecule has 5 nitrogen and oxygen atoms in total. The van der Waals surface area contributed by atoms with Gasteiger partial charge in [-0.2, -0.15) is 5.26 Å². The summed E-state index contributed by atoms with van der Waals surface area (Å²) >= 11 is 0. The van der Waals surface area contributed by atoms with E-state index in [1.54, 1.807) is 12.3 Å². The molecule has 0 spiro atoms. The zero-order valence-corrected chi connectivity index (χ0v) is 10.6. The fourth-order valence-electron chi connectivity index (χ4n) is 2.54. The minimum Gasteiger partial charge on any atom is -0.388 e. The van der Waals surface area contributed by atoms with Crippen molar-refractivity contribution < 1.29 is 5.11 Å². The molecule has 18 heavy (non-hydrogen) atoms. The summed E-state index contributed by atoms with van der Waals surface area (Å²) in [7, 11) is 0. The number of anilines is 1. The highest BCUT2D eigenvalue weighted by Gasteiger charge is 2.32. The molecule has 2 unspecified atom stereocenters. The molecular formula is C13H18N4O. The lowest BCUT2D eigenvalue weighted by molar-refractivity contribution is -0.000897. The van der Waals surface area contributed by atoms with Gasteiger partial charge >= 0.3 is 0 Å². The molecule has 0 bridgehead atoms. The van der Waals surface area contributed by atoms with E-state index in [9.17, 15) is 5.11 Å². The van der Waals surface area contributed by atoms with Crippen LogP contribution in [0.5, 0.6) is 0 Å². The van der Waals surface area contributed by atoms with Crippen molar-refractivity contribution in [3.63, 3.8) is 0 Å². The topological polar surface area (TPSA) is 81.8 Å². The molecule has 96 valence electrons. The highest BCUT2D eigenvalue weighted by molar-refractivity contribution is 5.30. The first-order valence-corrected chi connectivity index (χ1v) is 6.31. The highest BCUT2D eigenvalue weighted by atomic mass is 16.3. The standard InChI is InChI=1S/C13H18N4O/c1-10-3-2-5-13(18,7-10)9-16-12-15-6-4-11(8-14)17-12/h4,6,10,18H,2-3,5,7,9H2,1H3,(H,15,16,17). The van der Waals surface area contributed by atoms with Gasteiger partial charge in [-0.05, 0) is 24.8 Å². The van der Waals surface area contributed by atoms with Crippen LogP contribution in [0.3, 0.4) is 0 Å². The molecule has 2 N–H and O–H groups in total. The van der Waals surface area contributed by atoms with E-state index >= 15 is 0 Å². The molecular weight excluding hydrogens is 228 g/mol. The molecule has 1 fully saturated rings. The van der Waals surface area contributed by atoms with Crippen molar-refractivity contribution in [2.45, 2.75) is 38.2 Å². The molecule has 1 aliphatic carbocycles. The lowest BCUT2D eigenvalue weighted by atomic mass is 9.79. The van der Waals surface area contributed by atoms with Crippen molar-refractivity contribution in [2.24, 2.45) is 5.92 Å². The maximum absolute atomic E-state index is 10.4. The molecule has 2 rings (SSSR count). The predicted molar refractivity (Wildman–Crippen MR) is 67.8 cm³/mol. The van der Waals surface area contributed by atoms with E-state index in [-0.39, 0.29) is 0 Å². The molecule has 1 aliphatic rings. The number of hydrogen-bond acceptors (Lipinski definition) is 5. The van der Waals surface area contributed by atoms with Gasteiger partial charge in [-0.3, -0.25) is 0 Å². The molecule has 1 saturated carbocycles. The Bertz CT molecular complexity index is 457. The van der Waals surface area contributed by atoms with E-state index in [0.29, 0.717) is 24.1 Å². The zero-order chi connectivity index (χ0) is 13.0. The lowest BCUT2D eigenvalue weighted by Crippen LogP contribution is -2.41. The van der Waals surface area contributed by atoms with Crippen LogP contribution in [0.4, 0.5) is 5.95 Å². The van der Waals surface area contributed by atoms with E-state index < -0.39 is 5.60 Å². The number of hydrogen-bond donors (Lipinski definition) is 2. The number of nitrogens with one attached hydrogen (secondary N) is 1. The van der Waals surface area contributed by atoms with Crippen molar-refractivity contribution in [2.75, 3.05) is 11.9 Å². The van der Waals surface area contributed by atoms with Gasteiger partial charge in [0.05, 0.1) is 5.60 Å². The Morgan fingerprint density at radius 1 is 1.67 bits per heavy atom. The first-order valence-electron chi connectivity index (χ1n) is 6.31. The fraction of sp³-hybridized carbons (Fsp3) is 0.615. The average Bonchev–Trinajstić information content (AvgIpc) is 2.37. The smallest absolute Gasteiger partial charge is 0.223 e. The molecule has 0 aromatic carbocycles. The van der Waals surface area contributed by atoms with Crippen LogP contribution in [-0.2, 0) is 0 Å². The second kappa shape index (κ2) is 5.32. The van der Waals surface area contributed by atoms with Crippen LogP contribution in [0.2, 0.25) is 0 Å². The van der Waals surface area contributed by atoms with Gasteiger partial charge in [0.2, 0.25) is 5.95 Å². The van der Waals surface area contributed by atoms with Crippen LogP contribution in [0.25, 0.3) is 0 Å². The fourth-order valence-corrected chi connectivity index (χ4v) is 2.54. The van der Waals surface area contributed by atoms with Crippen molar-refractivity contribution in [3.05, 3.63) is 18.0 Å². The molecule has 1 aromatic rings. The van der Waals surface area contributed by atoms with Crippen LogP contribution in [0, 0.1) is 17.2 Å². The van der Waals surface area contributed by atoms with Crippen molar-refractivity contribution in [1.29, 1.82) is 5.26 Å². The van der Waals surface area contributed by atoms with Gasteiger partial charge < -0.3 is 10.4 Å². The third kappa shape index (κ3) is 3.17. The van der Waals surface area contributed by atoms with Gasteiger partial charge in [0.25, 0.3) is 0 Å². The Kier molecular flexibility index (Phi) is 3.78. The minimum absolute atomic E-state index is 0.330. The third-order valence-electron chi connectivity index (χ3n) is 3.41. The Morgan fingerprint density at radius 3 is 3.22 bits per heavy atom. The number of nitrogens with zero attached hydrogens (tertiary/aromatic N) is 3. The minimum atomic E-state index is -0.677. The molecule has 0 aliphatic heterocycles. The normalized spacial score (nSPS) is 27.5. The summed E-state index contributed by atoms with van der Waals surface area (Å²) in [5, 5.41) is 22.2. The van der Waals surface area contributed by atoms with Crippen LogP contribution in [0.1, 0.15) is 38.3 Å². The first kappa shape index (κ1) is 12.8. The summed E-state index contributed by atoms with van der Waals surface area (Å²) in [6.45, 7) is 2.60. The molecule has 0 radical (unpaired) electrons. The van der Waals surface area contributed by atoms with Crippen molar-refractivity contribution in [3.8, 4) is 6.07 Å². The van der Waals surface area contributed by atoms with Gasteiger partial charge in [0, 0.05) is 12.7 Å². The maximum Gasteiger partial charge on any atom is 0.223 e. The second-order valence-corrected chi connectivity index (χ2v) is 5.16. The van der Waals surface area contributed by atoms with E-state index in [1.807, 2.05) is 6.07 Å². The van der Waals surface area contributed by atoms with Gasteiger partial charge in [0.1, 0.15) is 11.8 Å². The molecule has 0 amide bonds. The summed E-state index contributed by atoms with van der Waals surface area (Å²) < 4.78 is 0. The van der Waals surface area contributed by atoms with Crippen LogP contribution in [-0.4, -0.2) is 27.2 Å². The Labute approximate surface area is 107 Å². The van der Waals surface area contributed by atoms with Gasteiger partial charge in [-0.15, -0.1) is 0 Å². The van der Waals surface area contributed by atoms with Gasteiger partial charge in [0.15, 0.2) is 0 Å². The largest absolute Gasteiger partial charge is 0.388 e. The van der Waals surface area contributed by atoms with Crippen LogP contribution >= 0.6 is 0 Å². The van der Waals surface area contributed by atoms with Gasteiger partial charge in [-0.25, -0.2) is 9.97 Å². The Morgan fingerprint density at radius 2 is 2.50 bits per heavy atom. The Hall–Kier alpha value is -1.67. The molecule has 1 aromatic heterocycles. The van der Waals surface area contributed by atoms with E-state index in [0.717, 1.165) is 19.3 Å². The zero-order valence-electron chi connectivity index (χ0n) is 10.6. The molecule has 5 heteroatoms. The average molecular weight is 246 g/mol. The monoisotopic (exact) mass is 246 g/mol. The summed E-state index contributed by atoms with van der Waals surface area (Å²) in [5.41, 5.74) is -0.347. The highest BCUT2D eigenvalue weighted by Crippen LogP contribution is 2.32. The van der Waals surface area contributed by atoms with E-state index in [1.165, 1.54) is 6.42 Å². The molecule has 0 saturated heterocycles. The summed E-state index contributed by atoms with van der Waals surface area (Å²) in [5.74, 6) is 0.956. The first-order chi connectivity index (χ1) is 8.61. The SMILES string of the molecule is CC1CCCC(O)(CNc2nccc(C#N)n2)C1. The van der Waals surface area contributed by atoms with Crippen molar-refractivity contribution in [1.82, 2.24) is 9.97 Å². The predicted octanol–water partition coefficient (Wildman–Crippen LogP) is 1.70. The third-order valence-corrected chi connectivity index (χ3v) is 3.41. The summed E-state index contributed by atoms with van der Waals surface area (Å²) in [6, 6.07) is 3.53. The second-order valence-electron chi connectivity index (χ2n) is 5.16. The summed E-state index contributed by atoms with van der Waals surface area (Å²) in [6.07, 6.45) is 5.39. The number of aromatic nitrogens is 2. The van der Waals surface area contributed by atoms with E-state index in [4.69, 9.17) is 5.26 Å². The summed E-state index contributed by atoms with van der Waals surface area (Å²) in [4.78, 5) is 8.07. The van der Waals surface area contributed by atoms with Crippen molar-refractivity contribution >= 4 is 5.95 Å². The lowest BCUT2D eigenvalue weighted by Gasteiger charge is -2.35. The van der Waals surface area contributed by atoms with Gasteiger partial charge in [-0.1, -0.05) is 19.8 Å². The molecule has 2 atom stereocenters. The maximum atomic E-state index is 10.4. The number of rotatable bonds is 3. The number of aliphatic hydroxyl groups is 1.